The van der Waals surface area contributed by atoms with E-state index in [4.69, 9.17) is 38.4 Å². The first-order valence-electron chi connectivity index (χ1n) is 9.95. The summed E-state index contributed by atoms with van der Waals surface area (Å²) in [7, 11) is 1.54. The summed E-state index contributed by atoms with van der Waals surface area (Å²) in [6, 6.07) is 10.5. The number of nitrogens with one attached hydrogen (secondary N) is 1. The third-order valence-corrected chi connectivity index (χ3v) is 6.71. The van der Waals surface area contributed by atoms with E-state index in [0.717, 1.165) is 11.1 Å². The Balaban J connectivity index is 1.43. The van der Waals surface area contributed by atoms with Gasteiger partial charge in [-0.05, 0) is 48.4 Å². The lowest BCUT2D eigenvalue weighted by Gasteiger charge is -2.12. The van der Waals surface area contributed by atoms with Gasteiger partial charge in [-0.15, -0.1) is 11.3 Å². The molecule has 0 fully saturated rings. The quantitative estimate of drug-likeness (QED) is 0.257. The van der Waals surface area contributed by atoms with Crippen molar-refractivity contribution in [1.82, 2.24) is 15.4 Å². The molecule has 8 nitrogen and oxygen atoms in total. The summed E-state index contributed by atoms with van der Waals surface area (Å²) in [4.78, 5) is 21.9. The summed E-state index contributed by atoms with van der Waals surface area (Å²) in [6.07, 6.45) is 2.88. The van der Waals surface area contributed by atoms with Crippen molar-refractivity contribution in [1.29, 1.82) is 0 Å². The molecule has 2 aromatic heterocycles. The maximum Gasteiger partial charge on any atom is 0.281 e. The number of fused-ring (bicyclic) bond motifs is 1. The number of hydrogen-bond donors (Lipinski definition) is 2. The number of nitrogens with zero attached hydrogens (tertiary/aromatic N) is 3. The van der Waals surface area contributed by atoms with Crippen molar-refractivity contribution in [2.45, 2.75) is 13.5 Å². The Bertz CT molecular complexity index is 1410. The van der Waals surface area contributed by atoms with E-state index in [-0.39, 0.29) is 12.5 Å². The van der Waals surface area contributed by atoms with Crippen LogP contribution in [0, 0.1) is 6.92 Å². The minimum atomic E-state index is -0.358. The van der Waals surface area contributed by atoms with Gasteiger partial charge in [-0.1, -0.05) is 29.3 Å². The zero-order valence-electron chi connectivity index (χ0n) is 18.1. The second-order valence-electron chi connectivity index (χ2n) is 7.13. The van der Waals surface area contributed by atoms with Gasteiger partial charge in [0, 0.05) is 15.6 Å². The molecule has 2 aromatic carbocycles. The van der Waals surface area contributed by atoms with Crippen LogP contribution in [-0.2, 0) is 6.61 Å². The number of nitrogen functional groups attached to an aromatic ring is 1. The topological polar surface area (TPSA) is 112 Å². The average Bonchev–Trinajstić information content (AvgIpc) is 3.16. The van der Waals surface area contributed by atoms with Crippen molar-refractivity contribution in [2.24, 2.45) is 5.10 Å². The van der Waals surface area contributed by atoms with Gasteiger partial charge in [-0.3, -0.25) is 4.79 Å². The molecule has 4 rings (SSSR count). The highest BCUT2D eigenvalue weighted by molar-refractivity contribution is 7.20. The van der Waals surface area contributed by atoms with E-state index in [9.17, 15) is 4.79 Å². The Hall–Kier alpha value is -3.40. The lowest BCUT2D eigenvalue weighted by molar-refractivity contribution is 0.0958. The molecule has 0 unspecified atom stereocenters. The number of anilines is 1. The number of halogens is 2. The van der Waals surface area contributed by atoms with Crippen LogP contribution in [0.4, 0.5) is 5.82 Å². The lowest BCUT2D eigenvalue weighted by atomic mass is 10.2. The fraction of sp³-hybridized carbons (Fsp3) is 0.130. The number of amides is 1. The molecule has 0 spiro atoms. The summed E-state index contributed by atoms with van der Waals surface area (Å²) in [5, 5.41) is 5.82. The maximum atomic E-state index is 12.6. The summed E-state index contributed by atoms with van der Waals surface area (Å²) < 4.78 is 11.3. The Morgan fingerprint density at radius 2 is 2.03 bits per heavy atom. The SMILES string of the molecule is COc1cc(/C=N\NC(=O)c2sc3ncnc(N)c3c2C)ccc1OCc1ccc(Cl)cc1Cl. The Morgan fingerprint density at radius 3 is 2.76 bits per heavy atom. The normalized spacial score (nSPS) is 11.2. The number of benzene rings is 2. The molecule has 0 aliphatic rings. The van der Waals surface area contributed by atoms with Gasteiger partial charge in [-0.25, -0.2) is 15.4 Å². The maximum absolute atomic E-state index is 12.6. The first kappa shape index (κ1) is 23.7. The number of rotatable bonds is 7. The second-order valence-corrected chi connectivity index (χ2v) is 8.97. The van der Waals surface area contributed by atoms with Gasteiger partial charge in [0.25, 0.3) is 5.91 Å². The predicted molar refractivity (Wildman–Crippen MR) is 135 cm³/mol. The molecule has 0 saturated carbocycles. The van der Waals surface area contributed by atoms with Crippen molar-refractivity contribution < 1.29 is 14.3 Å². The lowest BCUT2D eigenvalue weighted by Crippen LogP contribution is -2.17. The number of carbonyl (C=O) groups excluding carboxylic acids is 1. The van der Waals surface area contributed by atoms with Gasteiger partial charge >= 0.3 is 0 Å². The fourth-order valence-electron chi connectivity index (χ4n) is 3.21. The number of methoxy groups -OCH3 is 1. The molecule has 174 valence electrons. The molecule has 11 heteroatoms. The second kappa shape index (κ2) is 10.3. The summed E-state index contributed by atoms with van der Waals surface area (Å²) in [5.74, 6) is 1.03. The molecule has 0 aliphatic heterocycles. The minimum absolute atomic E-state index is 0.249. The standard InChI is InChI=1S/C23H19Cl2N5O3S/c1-12-19-21(26)27-11-28-23(19)34-20(12)22(31)30-29-9-13-3-6-17(18(7-13)32-2)33-10-14-4-5-15(24)8-16(14)25/h3-9,11H,10H2,1-2H3,(H,30,31)(H2,26,27,28)/b29-9-. The van der Waals surface area contributed by atoms with E-state index in [2.05, 4.69) is 20.5 Å². The summed E-state index contributed by atoms with van der Waals surface area (Å²) in [6.45, 7) is 2.05. The molecular weight excluding hydrogens is 497 g/mol. The molecule has 1 amide bonds. The van der Waals surface area contributed by atoms with E-state index < -0.39 is 0 Å². The highest BCUT2D eigenvalue weighted by Gasteiger charge is 2.18. The molecule has 4 aromatic rings. The van der Waals surface area contributed by atoms with Gasteiger partial charge in [-0.2, -0.15) is 5.10 Å². The Labute approximate surface area is 209 Å². The molecule has 0 saturated heterocycles. The van der Waals surface area contributed by atoms with Gasteiger partial charge in [0.1, 0.15) is 23.6 Å². The number of hydrazone groups is 1. The van der Waals surface area contributed by atoms with E-state index in [1.807, 2.05) is 0 Å². The van der Waals surface area contributed by atoms with Crippen molar-refractivity contribution in [3.63, 3.8) is 0 Å². The third kappa shape index (κ3) is 5.06. The van der Waals surface area contributed by atoms with Crippen LogP contribution < -0.4 is 20.6 Å². The minimum Gasteiger partial charge on any atom is -0.493 e. The third-order valence-electron chi connectivity index (χ3n) is 4.93. The van der Waals surface area contributed by atoms with Crippen LogP contribution in [0.5, 0.6) is 11.5 Å². The van der Waals surface area contributed by atoms with E-state index >= 15 is 0 Å². The van der Waals surface area contributed by atoms with Crippen LogP contribution in [0.25, 0.3) is 10.2 Å². The highest BCUT2D eigenvalue weighted by atomic mass is 35.5. The van der Waals surface area contributed by atoms with Crippen molar-refractivity contribution >= 4 is 62.7 Å². The first-order valence-corrected chi connectivity index (χ1v) is 11.5. The smallest absolute Gasteiger partial charge is 0.281 e. The molecule has 0 radical (unpaired) electrons. The Kier molecular flexibility index (Phi) is 7.16. The molecule has 0 aliphatic carbocycles. The van der Waals surface area contributed by atoms with E-state index in [1.54, 1.807) is 50.4 Å². The van der Waals surface area contributed by atoms with Gasteiger partial charge in [0.05, 0.1) is 23.6 Å². The summed E-state index contributed by atoms with van der Waals surface area (Å²) >= 11 is 13.4. The number of thiophene rings is 1. The highest BCUT2D eigenvalue weighted by Crippen LogP contribution is 2.32. The molecule has 34 heavy (non-hydrogen) atoms. The number of nitrogens with two attached hydrogens (primary N) is 1. The van der Waals surface area contributed by atoms with Crippen LogP contribution in [0.3, 0.4) is 0 Å². The number of aryl methyl sites for hydroxylation is 1. The van der Waals surface area contributed by atoms with E-state index in [0.29, 0.717) is 48.0 Å². The van der Waals surface area contributed by atoms with Crippen molar-refractivity contribution in [2.75, 3.05) is 12.8 Å². The van der Waals surface area contributed by atoms with Gasteiger partial charge in [0.15, 0.2) is 11.5 Å². The molecule has 2 heterocycles. The number of ether oxygens (including phenoxy) is 2. The fourth-order valence-corrected chi connectivity index (χ4v) is 4.72. The summed E-state index contributed by atoms with van der Waals surface area (Å²) in [5.41, 5.74) is 10.7. The monoisotopic (exact) mass is 515 g/mol. The van der Waals surface area contributed by atoms with Crippen LogP contribution in [0.1, 0.15) is 26.4 Å². The predicted octanol–water partition coefficient (Wildman–Crippen LogP) is 5.24. The van der Waals surface area contributed by atoms with Crippen molar-refractivity contribution in [3.8, 4) is 11.5 Å². The molecule has 0 bridgehead atoms. The van der Waals surface area contributed by atoms with E-state index in [1.165, 1.54) is 23.9 Å². The first-order chi connectivity index (χ1) is 16.4. The largest absolute Gasteiger partial charge is 0.493 e. The number of carbonyl (C=O) groups is 1. The zero-order valence-corrected chi connectivity index (χ0v) is 20.5. The van der Waals surface area contributed by atoms with Crippen LogP contribution >= 0.6 is 34.5 Å². The van der Waals surface area contributed by atoms with Crippen LogP contribution in [0.15, 0.2) is 47.8 Å². The van der Waals surface area contributed by atoms with Crippen molar-refractivity contribution in [3.05, 3.63) is 74.3 Å². The Morgan fingerprint density at radius 1 is 1.21 bits per heavy atom. The molecule has 3 N–H and O–H groups in total. The van der Waals surface area contributed by atoms with Crippen LogP contribution in [0.2, 0.25) is 10.0 Å². The van der Waals surface area contributed by atoms with Gasteiger partial charge < -0.3 is 15.2 Å². The molecular formula is C23H19Cl2N5O3S. The zero-order chi connectivity index (χ0) is 24.2. The van der Waals surface area contributed by atoms with Crippen LogP contribution in [-0.4, -0.2) is 29.2 Å². The average molecular weight is 516 g/mol. The number of hydrogen-bond acceptors (Lipinski definition) is 8. The number of aromatic nitrogens is 2. The molecule has 0 atom stereocenters. The van der Waals surface area contributed by atoms with Gasteiger partial charge in [0.2, 0.25) is 0 Å².